The number of hydrogen-bond donors (Lipinski definition) is 0. The van der Waals surface area contributed by atoms with Crippen LogP contribution in [0.25, 0.3) is 5.73 Å². The van der Waals surface area contributed by atoms with Crippen LogP contribution in [0.1, 0.15) is 23.6 Å². The Kier molecular flexibility index (Phi) is 22.7. The first-order valence-electron chi connectivity index (χ1n) is 3.75. The van der Waals surface area contributed by atoms with Gasteiger partial charge in [0.15, 0.2) is 10.8 Å². The SMILES string of the molecule is C#C.CC.[K+].[NH-]CC(=O)c1nccs1. The van der Waals surface area contributed by atoms with Crippen molar-refractivity contribution in [2.45, 2.75) is 13.8 Å². The molecule has 3 nitrogen and oxygen atoms in total. The largest absolute Gasteiger partial charge is 1.00 e. The molecule has 0 bridgehead atoms. The maximum atomic E-state index is 10.6. The molecule has 0 spiro atoms. The van der Waals surface area contributed by atoms with Crippen molar-refractivity contribution in [3.8, 4) is 12.8 Å². The minimum Gasteiger partial charge on any atom is -0.671 e. The average molecular weight is 236 g/mol. The number of aromatic nitrogens is 1. The average Bonchev–Trinajstić information content (AvgIpc) is 2.76. The molecule has 1 N–H and O–H groups in total. The number of terminal acetylenes is 1. The predicted molar refractivity (Wildman–Crippen MR) is 56.9 cm³/mol. The van der Waals surface area contributed by atoms with E-state index in [9.17, 15) is 4.79 Å². The molecule has 0 radical (unpaired) electrons. The number of thiazole rings is 1. The van der Waals surface area contributed by atoms with E-state index in [0.29, 0.717) is 5.01 Å². The van der Waals surface area contributed by atoms with Crippen molar-refractivity contribution in [3.63, 3.8) is 0 Å². The summed E-state index contributed by atoms with van der Waals surface area (Å²) < 4.78 is 0. The van der Waals surface area contributed by atoms with E-state index in [4.69, 9.17) is 5.73 Å². The number of carbonyl (C=O) groups excluding carboxylic acids is 1. The Bertz CT molecular complexity index is 234. The molecule has 0 atom stereocenters. The van der Waals surface area contributed by atoms with Gasteiger partial charge in [0.2, 0.25) is 0 Å². The van der Waals surface area contributed by atoms with Gasteiger partial charge in [-0.25, -0.2) is 4.98 Å². The van der Waals surface area contributed by atoms with Gasteiger partial charge in [0, 0.05) is 11.6 Å². The van der Waals surface area contributed by atoms with Gasteiger partial charge in [0.1, 0.15) is 0 Å². The summed E-state index contributed by atoms with van der Waals surface area (Å²) in [5.74, 6) is -0.204. The van der Waals surface area contributed by atoms with Crippen molar-refractivity contribution >= 4 is 17.1 Å². The second kappa shape index (κ2) is 15.9. The van der Waals surface area contributed by atoms with Gasteiger partial charge < -0.3 is 5.73 Å². The molecule has 1 rings (SSSR count). The maximum absolute atomic E-state index is 10.6. The molecule has 0 fully saturated rings. The molecular formula is C9H13KN2OS. The third-order valence-corrected chi connectivity index (χ3v) is 1.65. The van der Waals surface area contributed by atoms with Crippen LogP contribution in [-0.2, 0) is 0 Å². The Labute approximate surface area is 132 Å². The molecule has 1 aromatic rings. The van der Waals surface area contributed by atoms with Crippen LogP contribution in [0.4, 0.5) is 0 Å². The molecule has 72 valence electrons. The van der Waals surface area contributed by atoms with E-state index >= 15 is 0 Å². The molecular weight excluding hydrogens is 223 g/mol. The van der Waals surface area contributed by atoms with E-state index in [1.807, 2.05) is 13.8 Å². The summed E-state index contributed by atoms with van der Waals surface area (Å²) in [6.07, 6.45) is 9.56. The zero-order chi connectivity index (χ0) is 10.7. The molecule has 0 aliphatic carbocycles. The number of carbonyl (C=O) groups is 1. The topological polar surface area (TPSA) is 53.8 Å². The smallest absolute Gasteiger partial charge is 0.671 e. The zero-order valence-electron chi connectivity index (χ0n) is 8.78. The van der Waals surface area contributed by atoms with Crippen molar-refractivity contribution in [3.05, 3.63) is 22.3 Å². The molecule has 5 heteroatoms. The second-order valence-corrected chi connectivity index (χ2v) is 2.33. The monoisotopic (exact) mass is 236 g/mol. The standard InChI is InChI=1S/C5H5N2OS.C2H6.C2H2.K/c6-3-4(8)5-7-1-2-9-5;2*1-2;/h1-2,6H,3H2;1-2H3;1-2H;/q-1;;;+1. The van der Waals surface area contributed by atoms with Gasteiger partial charge in [-0.1, -0.05) is 20.4 Å². The molecule has 0 saturated heterocycles. The van der Waals surface area contributed by atoms with Crippen LogP contribution in [0.2, 0.25) is 0 Å². The van der Waals surface area contributed by atoms with Gasteiger partial charge in [-0.05, 0) is 0 Å². The van der Waals surface area contributed by atoms with E-state index in [-0.39, 0.29) is 63.7 Å². The normalized spacial score (nSPS) is 6.64. The quantitative estimate of drug-likeness (QED) is 0.401. The summed E-state index contributed by atoms with van der Waals surface area (Å²) in [6, 6.07) is 0. The van der Waals surface area contributed by atoms with Crippen molar-refractivity contribution in [2.75, 3.05) is 6.54 Å². The van der Waals surface area contributed by atoms with Crippen LogP contribution in [0.5, 0.6) is 0 Å². The molecule has 14 heavy (non-hydrogen) atoms. The summed E-state index contributed by atoms with van der Waals surface area (Å²) in [6.45, 7) is 3.80. The first-order chi connectivity index (χ1) is 6.34. The minimum atomic E-state index is -0.204. The van der Waals surface area contributed by atoms with Crippen LogP contribution >= 0.6 is 11.3 Å². The molecule has 0 saturated carbocycles. The Morgan fingerprint density at radius 3 is 2.36 bits per heavy atom. The number of Topliss-reactive ketones (excluding diaryl/α,β-unsaturated/α-hetero) is 1. The van der Waals surface area contributed by atoms with Gasteiger partial charge >= 0.3 is 51.4 Å². The van der Waals surface area contributed by atoms with Crippen LogP contribution in [-0.4, -0.2) is 17.3 Å². The summed E-state index contributed by atoms with van der Waals surface area (Å²) in [4.78, 5) is 14.4. The van der Waals surface area contributed by atoms with E-state index in [0.717, 1.165) is 0 Å². The van der Waals surface area contributed by atoms with E-state index in [1.54, 1.807) is 11.6 Å². The first-order valence-corrected chi connectivity index (χ1v) is 4.63. The first kappa shape index (κ1) is 19.9. The molecule has 0 aliphatic heterocycles. The third-order valence-electron chi connectivity index (χ3n) is 0.831. The number of nitrogens with one attached hydrogen (secondary N) is 1. The van der Waals surface area contributed by atoms with Crippen molar-refractivity contribution < 1.29 is 56.2 Å². The number of nitrogens with zero attached hydrogens (tertiary/aromatic N) is 1. The fraction of sp³-hybridized carbons (Fsp3) is 0.333. The summed E-state index contributed by atoms with van der Waals surface area (Å²) in [5, 5.41) is 2.16. The fourth-order valence-electron chi connectivity index (χ4n) is 0.437. The predicted octanol–water partition coefficient (Wildman–Crippen LogP) is -0.342. The summed E-state index contributed by atoms with van der Waals surface area (Å²) in [5.41, 5.74) is 6.70. The summed E-state index contributed by atoms with van der Waals surface area (Å²) in [7, 11) is 0. The second-order valence-electron chi connectivity index (χ2n) is 1.44. The molecule has 0 amide bonds. The van der Waals surface area contributed by atoms with Gasteiger partial charge in [0.05, 0.1) is 0 Å². The van der Waals surface area contributed by atoms with Gasteiger partial charge in [-0.15, -0.1) is 24.2 Å². The van der Waals surface area contributed by atoms with Crippen molar-refractivity contribution in [1.82, 2.24) is 4.98 Å². The van der Waals surface area contributed by atoms with Crippen LogP contribution in [0, 0.1) is 12.8 Å². The van der Waals surface area contributed by atoms with Crippen molar-refractivity contribution in [2.24, 2.45) is 0 Å². The Balaban J connectivity index is -0.000000216. The van der Waals surface area contributed by atoms with Crippen LogP contribution in [0.3, 0.4) is 0 Å². The molecule has 1 aromatic heterocycles. The van der Waals surface area contributed by atoms with Crippen LogP contribution in [0.15, 0.2) is 11.6 Å². The van der Waals surface area contributed by atoms with Crippen molar-refractivity contribution in [1.29, 1.82) is 0 Å². The van der Waals surface area contributed by atoms with Crippen LogP contribution < -0.4 is 51.4 Å². The molecule has 0 aromatic carbocycles. The van der Waals surface area contributed by atoms with Gasteiger partial charge in [-0.3, -0.25) is 4.79 Å². The van der Waals surface area contributed by atoms with Gasteiger partial charge in [-0.2, -0.15) is 0 Å². The van der Waals surface area contributed by atoms with E-state index in [1.165, 1.54) is 11.3 Å². The number of ketones is 1. The van der Waals surface area contributed by atoms with E-state index < -0.39 is 0 Å². The number of rotatable bonds is 2. The van der Waals surface area contributed by atoms with E-state index in [2.05, 4.69) is 17.8 Å². The maximum Gasteiger partial charge on any atom is 1.00 e. The Hall–Kier alpha value is 0.456. The molecule has 1 heterocycles. The fourth-order valence-corrected chi connectivity index (χ4v) is 1.01. The minimum absolute atomic E-state index is 0. The molecule has 0 unspecified atom stereocenters. The Morgan fingerprint density at radius 2 is 2.07 bits per heavy atom. The van der Waals surface area contributed by atoms with Gasteiger partial charge in [0.25, 0.3) is 0 Å². The third kappa shape index (κ3) is 9.03. The Morgan fingerprint density at radius 1 is 1.57 bits per heavy atom. The molecule has 0 aliphatic rings. The summed E-state index contributed by atoms with van der Waals surface area (Å²) >= 11 is 1.27. The number of hydrogen-bond acceptors (Lipinski definition) is 3. The zero-order valence-corrected chi connectivity index (χ0v) is 12.7.